The van der Waals surface area contributed by atoms with E-state index >= 15 is 0 Å². The number of carbonyl (C=O) groups is 2. The van der Waals surface area contributed by atoms with Crippen molar-refractivity contribution in [3.8, 4) is 0 Å². The topological polar surface area (TPSA) is 66.4 Å². The van der Waals surface area contributed by atoms with Gasteiger partial charge in [0.1, 0.15) is 11.9 Å². The summed E-state index contributed by atoms with van der Waals surface area (Å²) in [5, 5.41) is 11.8. The van der Waals surface area contributed by atoms with Crippen molar-refractivity contribution in [2.75, 3.05) is 0 Å². The molecule has 1 amide bonds. The molecular weight excluding hydrogens is 354 g/mol. The van der Waals surface area contributed by atoms with Crippen LogP contribution >= 0.6 is 0 Å². The van der Waals surface area contributed by atoms with Gasteiger partial charge in [-0.3, -0.25) is 4.79 Å². The van der Waals surface area contributed by atoms with Crippen LogP contribution in [0.25, 0.3) is 0 Å². The van der Waals surface area contributed by atoms with Gasteiger partial charge in [0.05, 0.1) is 11.0 Å². The first-order valence-corrected chi connectivity index (χ1v) is 8.53. The molecule has 3 unspecified atom stereocenters. The smallest absolute Gasteiger partial charge is 0.419 e. The van der Waals surface area contributed by atoms with Crippen LogP contribution in [0, 0.1) is 29.0 Å². The number of halogens is 4. The SMILES string of the molecule is O=C(O)C(Cc1cccc(C(F)(F)F)c1F)NC(=O)C12CC3CC1C2C3. The van der Waals surface area contributed by atoms with Crippen LogP contribution in [0.1, 0.15) is 30.4 Å². The minimum Gasteiger partial charge on any atom is -0.480 e. The largest absolute Gasteiger partial charge is 0.480 e. The van der Waals surface area contributed by atoms with Gasteiger partial charge in [0, 0.05) is 6.42 Å². The number of carboxylic acids is 1. The highest BCUT2D eigenvalue weighted by molar-refractivity contribution is 5.91. The Balaban J connectivity index is 1.52. The summed E-state index contributed by atoms with van der Waals surface area (Å²) < 4.78 is 52.6. The van der Waals surface area contributed by atoms with Gasteiger partial charge in [0.25, 0.3) is 0 Å². The number of carbonyl (C=O) groups excluding carboxylic acids is 1. The van der Waals surface area contributed by atoms with Crippen molar-refractivity contribution in [2.45, 2.75) is 37.9 Å². The summed E-state index contributed by atoms with van der Waals surface area (Å²) in [6.45, 7) is 0. The maximum Gasteiger partial charge on any atom is 0.419 e. The zero-order valence-corrected chi connectivity index (χ0v) is 13.6. The second-order valence-electron chi connectivity index (χ2n) is 7.64. The first-order valence-electron chi connectivity index (χ1n) is 8.53. The normalized spacial score (nSPS) is 32.4. The van der Waals surface area contributed by atoms with Crippen LogP contribution in [0.5, 0.6) is 0 Å². The Hall–Kier alpha value is -2.12. The number of rotatable bonds is 5. The summed E-state index contributed by atoms with van der Waals surface area (Å²) in [6, 6.07) is 1.28. The molecule has 1 aromatic carbocycles. The molecule has 5 rings (SSSR count). The molecule has 0 aromatic heterocycles. The number of hydrogen-bond acceptors (Lipinski definition) is 2. The summed E-state index contributed by atoms with van der Waals surface area (Å²) in [6.07, 6.45) is -2.69. The Morgan fingerprint density at radius 2 is 1.92 bits per heavy atom. The predicted molar refractivity (Wildman–Crippen MR) is 81.4 cm³/mol. The molecule has 0 spiro atoms. The fraction of sp³-hybridized carbons (Fsp3) is 0.556. The molecule has 4 aliphatic carbocycles. The molecule has 0 radical (unpaired) electrons. The van der Waals surface area contributed by atoms with E-state index < -0.39 is 41.4 Å². The molecule has 4 aliphatic rings. The first kappa shape index (κ1) is 17.3. The lowest BCUT2D eigenvalue weighted by Crippen LogP contribution is -2.46. The molecule has 3 atom stereocenters. The van der Waals surface area contributed by atoms with Crippen molar-refractivity contribution in [3.63, 3.8) is 0 Å². The van der Waals surface area contributed by atoms with Gasteiger partial charge in [-0.2, -0.15) is 13.2 Å². The van der Waals surface area contributed by atoms with Gasteiger partial charge in [-0.05, 0) is 48.6 Å². The van der Waals surface area contributed by atoms with Gasteiger partial charge in [0.15, 0.2) is 0 Å². The quantitative estimate of drug-likeness (QED) is 0.782. The Bertz CT molecular complexity index is 779. The van der Waals surface area contributed by atoms with E-state index in [2.05, 4.69) is 5.32 Å². The van der Waals surface area contributed by atoms with Crippen molar-refractivity contribution < 1.29 is 32.3 Å². The summed E-state index contributed by atoms with van der Waals surface area (Å²) in [5.41, 5.74) is -2.32. The van der Waals surface area contributed by atoms with E-state index in [-0.39, 0.29) is 11.5 Å². The molecule has 8 heteroatoms. The van der Waals surface area contributed by atoms with E-state index in [1.165, 1.54) is 0 Å². The summed E-state index contributed by atoms with van der Waals surface area (Å²) in [4.78, 5) is 24.1. The summed E-state index contributed by atoms with van der Waals surface area (Å²) >= 11 is 0. The van der Waals surface area contributed by atoms with E-state index in [0.717, 1.165) is 31.4 Å². The minimum absolute atomic E-state index is 0.298. The molecule has 140 valence electrons. The summed E-state index contributed by atoms with van der Waals surface area (Å²) in [5.74, 6) is -2.13. The lowest BCUT2D eigenvalue weighted by molar-refractivity contribution is -0.142. The van der Waals surface area contributed by atoms with E-state index in [9.17, 15) is 32.3 Å². The molecular formula is C18H17F4NO3. The van der Waals surface area contributed by atoms with Crippen LogP contribution in [-0.4, -0.2) is 23.0 Å². The van der Waals surface area contributed by atoms with Gasteiger partial charge in [-0.1, -0.05) is 12.1 Å². The van der Waals surface area contributed by atoms with Gasteiger partial charge < -0.3 is 10.4 Å². The third kappa shape index (κ3) is 2.41. The van der Waals surface area contributed by atoms with Crippen LogP contribution < -0.4 is 5.32 Å². The number of benzene rings is 1. The monoisotopic (exact) mass is 371 g/mol. The number of carboxylic acid groups (broad SMARTS) is 1. The zero-order valence-electron chi connectivity index (χ0n) is 13.6. The molecule has 1 aromatic rings. The van der Waals surface area contributed by atoms with Crippen LogP contribution in [0.15, 0.2) is 18.2 Å². The molecule has 4 nitrogen and oxygen atoms in total. The second-order valence-corrected chi connectivity index (χ2v) is 7.64. The van der Waals surface area contributed by atoms with Crippen LogP contribution in [0.4, 0.5) is 17.6 Å². The van der Waals surface area contributed by atoms with Crippen molar-refractivity contribution in [3.05, 3.63) is 35.1 Å². The van der Waals surface area contributed by atoms with Gasteiger partial charge in [-0.15, -0.1) is 0 Å². The molecule has 26 heavy (non-hydrogen) atoms. The lowest BCUT2D eigenvalue weighted by Gasteiger charge is -2.19. The number of aliphatic carboxylic acids is 1. The Morgan fingerprint density at radius 1 is 1.27 bits per heavy atom. The maximum absolute atomic E-state index is 14.2. The van der Waals surface area contributed by atoms with Crippen molar-refractivity contribution in [2.24, 2.45) is 23.2 Å². The molecule has 0 saturated heterocycles. The summed E-state index contributed by atoms with van der Waals surface area (Å²) in [7, 11) is 0. The van der Waals surface area contributed by atoms with Gasteiger partial charge in [0.2, 0.25) is 5.91 Å². The molecule has 0 heterocycles. The Labute approximate surface area is 146 Å². The third-order valence-corrected chi connectivity index (χ3v) is 6.34. The van der Waals surface area contributed by atoms with Crippen LogP contribution in [-0.2, 0) is 22.2 Å². The lowest BCUT2D eigenvalue weighted by atomic mass is 9.99. The predicted octanol–water partition coefficient (Wildman–Crippen LogP) is 3.00. The fourth-order valence-electron chi connectivity index (χ4n) is 5.21. The second kappa shape index (κ2) is 5.44. The number of alkyl halides is 3. The molecule has 2 N–H and O–H groups in total. The minimum atomic E-state index is -4.87. The molecule has 4 saturated carbocycles. The van der Waals surface area contributed by atoms with E-state index in [1.54, 1.807) is 0 Å². The van der Waals surface area contributed by atoms with Crippen LogP contribution in [0.3, 0.4) is 0 Å². The van der Waals surface area contributed by atoms with E-state index in [4.69, 9.17) is 0 Å². The number of nitrogens with one attached hydrogen (secondary N) is 1. The van der Waals surface area contributed by atoms with Crippen molar-refractivity contribution in [1.29, 1.82) is 0 Å². The van der Waals surface area contributed by atoms with Gasteiger partial charge >= 0.3 is 12.1 Å². The van der Waals surface area contributed by atoms with Crippen LogP contribution in [0.2, 0.25) is 0 Å². The first-order chi connectivity index (χ1) is 12.1. The Morgan fingerprint density at radius 3 is 2.42 bits per heavy atom. The third-order valence-electron chi connectivity index (χ3n) is 6.34. The van der Waals surface area contributed by atoms with E-state index in [1.807, 2.05) is 0 Å². The molecule has 4 bridgehead atoms. The highest BCUT2D eigenvalue weighted by atomic mass is 19.4. The maximum atomic E-state index is 14.2. The van der Waals surface area contributed by atoms with Gasteiger partial charge in [-0.25, -0.2) is 9.18 Å². The fourth-order valence-corrected chi connectivity index (χ4v) is 5.21. The average molecular weight is 371 g/mol. The van der Waals surface area contributed by atoms with Crippen molar-refractivity contribution in [1.82, 2.24) is 5.32 Å². The van der Waals surface area contributed by atoms with Crippen molar-refractivity contribution >= 4 is 11.9 Å². The standard InChI is InChI=1S/C18H17F4NO3/c19-14-9(2-1-3-10(14)18(20,21)22)6-13(15(24)25)23-16(26)17-7-8-4-11(17)12(17)5-8/h1-3,8,11-13H,4-7H2,(H,23,26)(H,24,25). The molecule has 4 fully saturated rings. The highest BCUT2D eigenvalue weighted by Crippen LogP contribution is 2.79. The number of amides is 1. The molecule has 0 aliphatic heterocycles. The highest BCUT2D eigenvalue weighted by Gasteiger charge is 2.78. The Kier molecular flexibility index (Phi) is 3.62. The zero-order chi connectivity index (χ0) is 18.9. The number of hydrogen-bond donors (Lipinski definition) is 2. The van der Waals surface area contributed by atoms with E-state index in [0.29, 0.717) is 23.8 Å². The average Bonchev–Trinajstić information content (AvgIpc) is 2.99.